The lowest BCUT2D eigenvalue weighted by molar-refractivity contribution is 0.128. The average Bonchev–Trinajstić information content (AvgIpc) is 2.34. The van der Waals surface area contributed by atoms with Crippen LogP contribution in [0.1, 0.15) is 31.9 Å². The van der Waals surface area contributed by atoms with Crippen molar-refractivity contribution in [2.45, 2.75) is 32.7 Å². The van der Waals surface area contributed by atoms with Crippen molar-refractivity contribution in [1.29, 1.82) is 0 Å². The molecule has 0 aliphatic heterocycles. The Balaban J connectivity index is 0.00000256. The molecule has 98 valence electrons. The number of hydrogen-bond donors (Lipinski definition) is 1. The maximum Gasteiger partial charge on any atom is 0.0541 e. The molecule has 0 atom stereocenters. The van der Waals surface area contributed by atoms with Crippen LogP contribution in [0.2, 0.25) is 0 Å². The molecule has 0 amide bonds. The molecule has 17 heavy (non-hydrogen) atoms. The normalized spacial score (nSPS) is 9.94. The minimum absolute atomic E-state index is 0. The van der Waals surface area contributed by atoms with Crippen molar-refractivity contribution in [2.75, 3.05) is 19.8 Å². The summed E-state index contributed by atoms with van der Waals surface area (Å²) in [5.41, 5.74) is 1.09. The Bertz CT molecular complexity index is 257. The number of halogens is 1. The Labute approximate surface area is 110 Å². The third-order valence-electron chi connectivity index (χ3n) is 2.32. The highest BCUT2D eigenvalue weighted by atomic mass is 35.5. The third kappa shape index (κ3) is 9.10. The van der Waals surface area contributed by atoms with Crippen LogP contribution in [-0.2, 0) is 11.3 Å². The van der Waals surface area contributed by atoms with E-state index in [1.54, 1.807) is 0 Å². The molecule has 0 spiro atoms. The molecular weight excluding hydrogens is 236 g/mol. The molecule has 0 saturated heterocycles. The highest BCUT2D eigenvalue weighted by Crippen LogP contribution is 1.92. The lowest BCUT2D eigenvalue weighted by Gasteiger charge is -2.05. The van der Waals surface area contributed by atoms with Gasteiger partial charge in [0, 0.05) is 26.0 Å². The molecule has 0 aliphatic carbocycles. The first kappa shape index (κ1) is 16.4. The smallest absolute Gasteiger partial charge is 0.0541 e. The molecule has 1 N–H and O–H groups in total. The average molecular weight is 259 g/mol. The van der Waals surface area contributed by atoms with Crippen molar-refractivity contribution in [1.82, 2.24) is 10.3 Å². The van der Waals surface area contributed by atoms with Crippen LogP contribution in [0, 0.1) is 0 Å². The molecule has 1 heterocycles. The van der Waals surface area contributed by atoms with Crippen LogP contribution < -0.4 is 5.32 Å². The molecule has 0 radical (unpaired) electrons. The first-order chi connectivity index (χ1) is 7.93. The van der Waals surface area contributed by atoms with Crippen LogP contribution in [0.25, 0.3) is 0 Å². The number of pyridine rings is 1. The second-order valence-electron chi connectivity index (χ2n) is 3.82. The van der Waals surface area contributed by atoms with Crippen molar-refractivity contribution in [3.63, 3.8) is 0 Å². The molecule has 0 aromatic carbocycles. The Morgan fingerprint density at radius 3 is 2.76 bits per heavy atom. The van der Waals surface area contributed by atoms with Crippen molar-refractivity contribution in [3.8, 4) is 0 Å². The van der Waals surface area contributed by atoms with Gasteiger partial charge in [0.1, 0.15) is 0 Å². The molecule has 3 nitrogen and oxygen atoms in total. The summed E-state index contributed by atoms with van der Waals surface area (Å²) in [4.78, 5) is 4.24. The van der Waals surface area contributed by atoms with E-state index in [-0.39, 0.29) is 12.4 Å². The van der Waals surface area contributed by atoms with Crippen LogP contribution in [0.4, 0.5) is 0 Å². The van der Waals surface area contributed by atoms with Crippen molar-refractivity contribution >= 4 is 12.4 Å². The van der Waals surface area contributed by atoms with Gasteiger partial charge in [0.2, 0.25) is 0 Å². The van der Waals surface area contributed by atoms with Gasteiger partial charge in [-0.15, -0.1) is 12.4 Å². The minimum Gasteiger partial charge on any atom is -0.381 e. The SMILES string of the molecule is CCCCOCCCNCc1ccccn1.Cl. The molecule has 1 aromatic rings. The van der Waals surface area contributed by atoms with Crippen LogP contribution in [0.3, 0.4) is 0 Å². The Morgan fingerprint density at radius 2 is 2.06 bits per heavy atom. The van der Waals surface area contributed by atoms with E-state index in [0.717, 1.165) is 38.4 Å². The second-order valence-corrected chi connectivity index (χ2v) is 3.82. The third-order valence-corrected chi connectivity index (χ3v) is 2.32. The first-order valence-corrected chi connectivity index (χ1v) is 6.12. The van der Waals surface area contributed by atoms with Gasteiger partial charge in [-0.1, -0.05) is 19.4 Å². The van der Waals surface area contributed by atoms with E-state index in [0.29, 0.717) is 0 Å². The molecule has 1 aromatic heterocycles. The number of hydrogen-bond acceptors (Lipinski definition) is 3. The second kappa shape index (κ2) is 11.8. The summed E-state index contributed by atoms with van der Waals surface area (Å²) < 4.78 is 5.47. The molecule has 0 unspecified atom stereocenters. The molecule has 4 heteroatoms. The summed E-state index contributed by atoms with van der Waals surface area (Å²) in [7, 11) is 0. The van der Waals surface area contributed by atoms with Gasteiger partial charge in [-0.2, -0.15) is 0 Å². The number of unbranched alkanes of at least 4 members (excludes halogenated alkanes) is 1. The zero-order chi connectivity index (χ0) is 11.5. The molecule has 0 fully saturated rings. The summed E-state index contributed by atoms with van der Waals surface area (Å²) >= 11 is 0. The van der Waals surface area contributed by atoms with E-state index in [1.807, 2.05) is 24.4 Å². The standard InChI is InChI=1S/C13H22N2O.ClH/c1-2-3-10-16-11-6-8-14-12-13-7-4-5-9-15-13;/h4-5,7,9,14H,2-3,6,8,10-12H2,1H3;1H. The highest BCUT2D eigenvalue weighted by Gasteiger charge is 1.92. The number of nitrogens with one attached hydrogen (secondary N) is 1. The lowest BCUT2D eigenvalue weighted by Crippen LogP contribution is -2.17. The lowest BCUT2D eigenvalue weighted by atomic mass is 10.3. The summed E-state index contributed by atoms with van der Waals surface area (Å²) in [6.07, 6.45) is 5.26. The number of rotatable bonds is 9. The highest BCUT2D eigenvalue weighted by molar-refractivity contribution is 5.85. The zero-order valence-electron chi connectivity index (χ0n) is 10.5. The van der Waals surface area contributed by atoms with E-state index in [4.69, 9.17) is 4.74 Å². The Morgan fingerprint density at radius 1 is 1.24 bits per heavy atom. The topological polar surface area (TPSA) is 34.1 Å². The van der Waals surface area contributed by atoms with Gasteiger partial charge in [0.05, 0.1) is 5.69 Å². The number of nitrogens with zero attached hydrogens (tertiary/aromatic N) is 1. The molecule has 0 aliphatic rings. The summed E-state index contributed by atoms with van der Waals surface area (Å²) in [5.74, 6) is 0. The van der Waals surface area contributed by atoms with Crippen LogP contribution in [-0.4, -0.2) is 24.7 Å². The first-order valence-electron chi connectivity index (χ1n) is 6.12. The fourth-order valence-electron chi connectivity index (χ4n) is 1.37. The van der Waals surface area contributed by atoms with Gasteiger partial charge < -0.3 is 10.1 Å². The number of ether oxygens (including phenoxy) is 1. The van der Waals surface area contributed by atoms with Crippen molar-refractivity contribution < 1.29 is 4.74 Å². The monoisotopic (exact) mass is 258 g/mol. The summed E-state index contributed by atoms with van der Waals surface area (Å²) in [5, 5.41) is 3.35. The Hall–Kier alpha value is -0.640. The maximum atomic E-state index is 5.47. The van der Waals surface area contributed by atoms with E-state index in [1.165, 1.54) is 12.8 Å². The van der Waals surface area contributed by atoms with Crippen molar-refractivity contribution in [2.24, 2.45) is 0 Å². The van der Waals surface area contributed by atoms with Crippen molar-refractivity contribution in [3.05, 3.63) is 30.1 Å². The van der Waals surface area contributed by atoms with E-state index >= 15 is 0 Å². The molecular formula is C13H23ClN2O. The van der Waals surface area contributed by atoms with Gasteiger partial charge in [-0.05, 0) is 31.5 Å². The minimum atomic E-state index is 0. The fourth-order valence-corrected chi connectivity index (χ4v) is 1.37. The van der Waals surface area contributed by atoms with Crippen LogP contribution >= 0.6 is 12.4 Å². The van der Waals surface area contributed by atoms with Gasteiger partial charge >= 0.3 is 0 Å². The quantitative estimate of drug-likeness (QED) is 0.692. The van der Waals surface area contributed by atoms with Gasteiger partial charge in [-0.3, -0.25) is 4.98 Å². The van der Waals surface area contributed by atoms with Gasteiger partial charge in [0.15, 0.2) is 0 Å². The summed E-state index contributed by atoms with van der Waals surface area (Å²) in [6.45, 7) is 5.77. The molecule has 0 bridgehead atoms. The predicted octanol–water partition coefficient (Wildman–Crippen LogP) is 2.80. The van der Waals surface area contributed by atoms with E-state index in [2.05, 4.69) is 17.2 Å². The fraction of sp³-hybridized carbons (Fsp3) is 0.615. The largest absolute Gasteiger partial charge is 0.381 e. The molecule has 1 rings (SSSR count). The van der Waals surface area contributed by atoms with Gasteiger partial charge in [-0.25, -0.2) is 0 Å². The molecule has 0 saturated carbocycles. The van der Waals surface area contributed by atoms with E-state index < -0.39 is 0 Å². The summed E-state index contributed by atoms with van der Waals surface area (Å²) in [6, 6.07) is 5.98. The van der Waals surface area contributed by atoms with Crippen LogP contribution in [0.5, 0.6) is 0 Å². The number of aromatic nitrogens is 1. The Kier molecular flexibility index (Phi) is 11.4. The van der Waals surface area contributed by atoms with Gasteiger partial charge in [0.25, 0.3) is 0 Å². The van der Waals surface area contributed by atoms with Crippen LogP contribution in [0.15, 0.2) is 24.4 Å². The van der Waals surface area contributed by atoms with E-state index in [9.17, 15) is 0 Å². The zero-order valence-corrected chi connectivity index (χ0v) is 11.3. The predicted molar refractivity (Wildman–Crippen MR) is 73.5 cm³/mol. The maximum absolute atomic E-state index is 5.47.